The fourth-order valence-corrected chi connectivity index (χ4v) is 3.66. The molecule has 0 spiro atoms. The van der Waals surface area contributed by atoms with Gasteiger partial charge in [0.2, 0.25) is 0 Å². The Kier molecular flexibility index (Phi) is 7.91. The van der Waals surface area contributed by atoms with E-state index in [2.05, 4.69) is 5.32 Å². The first-order valence-electron chi connectivity index (χ1n) is 11.3. The highest BCUT2D eigenvalue weighted by Crippen LogP contribution is 2.35. The summed E-state index contributed by atoms with van der Waals surface area (Å²) in [6, 6.07) is 12.7. The molecule has 0 radical (unpaired) electrons. The molecule has 0 unspecified atom stereocenters. The molecule has 1 N–H and O–H groups in total. The minimum Gasteiger partial charge on any atom is -0.464 e. The van der Waals surface area contributed by atoms with Crippen LogP contribution in [0.15, 0.2) is 60.3 Å². The van der Waals surface area contributed by atoms with Gasteiger partial charge in [-0.05, 0) is 82.3 Å². The van der Waals surface area contributed by atoms with Gasteiger partial charge in [-0.3, -0.25) is 9.69 Å². The number of carbonyl (C=O) groups excluding carboxylic acids is 4. The van der Waals surface area contributed by atoms with Gasteiger partial charge in [0.05, 0.1) is 30.9 Å². The van der Waals surface area contributed by atoms with E-state index in [1.165, 1.54) is 23.1 Å². The van der Waals surface area contributed by atoms with Crippen LogP contribution in [-0.4, -0.2) is 49.2 Å². The Bertz CT molecular complexity index is 1140. The Balaban J connectivity index is 1.90. The van der Waals surface area contributed by atoms with Gasteiger partial charge < -0.3 is 19.5 Å². The van der Waals surface area contributed by atoms with Crippen molar-refractivity contribution in [3.05, 3.63) is 71.4 Å². The van der Waals surface area contributed by atoms with Crippen LogP contribution in [-0.2, 0) is 23.8 Å². The second-order valence-electron chi connectivity index (χ2n) is 7.76. The van der Waals surface area contributed by atoms with E-state index >= 15 is 0 Å². The lowest BCUT2D eigenvalue weighted by Crippen LogP contribution is -2.51. The molecule has 184 valence electrons. The Labute approximate surface area is 203 Å². The van der Waals surface area contributed by atoms with Crippen LogP contribution >= 0.6 is 0 Å². The van der Waals surface area contributed by atoms with Gasteiger partial charge in [0.25, 0.3) is 5.91 Å². The van der Waals surface area contributed by atoms with Crippen LogP contribution in [0.25, 0.3) is 0 Å². The van der Waals surface area contributed by atoms with Gasteiger partial charge in [0.15, 0.2) is 5.54 Å². The van der Waals surface area contributed by atoms with Crippen molar-refractivity contribution in [1.82, 2.24) is 0 Å². The van der Waals surface area contributed by atoms with Crippen LogP contribution in [0.3, 0.4) is 0 Å². The minimum atomic E-state index is -1.42. The van der Waals surface area contributed by atoms with Gasteiger partial charge in [-0.1, -0.05) is 0 Å². The van der Waals surface area contributed by atoms with Gasteiger partial charge in [0, 0.05) is 11.4 Å². The quantitative estimate of drug-likeness (QED) is 0.427. The fourth-order valence-electron chi connectivity index (χ4n) is 3.66. The third-order valence-corrected chi connectivity index (χ3v) is 5.32. The standard InChI is InChI=1S/C26H28N2O7/c1-5-33-23(30)17-8-12-19(13-9-17)27-21-16-26(4,25(32)35-7-3)28(22(21)29)20-14-10-18(11-15-20)24(31)34-6-2/h8-16,27H,5-7H2,1-4H3/t26-/m0/s1. The number of nitrogens with zero attached hydrogens (tertiary/aromatic N) is 1. The SMILES string of the molecule is CCOC(=O)c1ccc(NC2=C[C@@](C)(C(=O)OCC)N(c3ccc(C(=O)OCC)cc3)C2=O)cc1. The molecule has 9 heteroatoms. The number of anilines is 2. The number of esters is 3. The molecule has 1 atom stereocenters. The van der Waals surface area contributed by atoms with Crippen molar-refractivity contribution in [3.8, 4) is 0 Å². The molecule has 0 fully saturated rings. The van der Waals surface area contributed by atoms with Gasteiger partial charge in [-0.15, -0.1) is 0 Å². The van der Waals surface area contributed by atoms with Gasteiger partial charge in [0.1, 0.15) is 5.70 Å². The maximum absolute atomic E-state index is 13.4. The number of hydrogen-bond donors (Lipinski definition) is 1. The summed E-state index contributed by atoms with van der Waals surface area (Å²) in [6.07, 6.45) is 1.51. The highest BCUT2D eigenvalue weighted by Gasteiger charge is 2.49. The highest BCUT2D eigenvalue weighted by atomic mass is 16.5. The average Bonchev–Trinajstić information content (AvgIpc) is 3.10. The zero-order valence-corrected chi connectivity index (χ0v) is 20.1. The zero-order chi connectivity index (χ0) is 25.6. The van der Waals surface area contributed by atoms with Crippen LogP contribution in [0, 0.1) is 0 Å². The third kappa shape index (κ3) is 5.34. The van der Waals surface area contributed by atoms with Gasteiger partial charge >= 0.3 is 17.9 Å². The molecule has 2 aromatic carbocycles. The summed E-state index contributed by atoms with van der Waals surface area (Å²) in [5, 5.41) is 3.02. The van der Waals surface area contributed by atoms with Crippen molar-refractivity contribution in [3.63, 3.8) is 0 Å². The monoisotopic (exact) mass is 480 g/mol. The second-order valence-corrected chi connectivity index (χ2v) is 7.76. The lowest BCUT2D eigenvalue weighted by molar-refractivity contribution is -0.147. The number of benzene rings is 2. The molecule has 2 aromatic rings. The highest BCUT2D eigenvalue weighted by molar-refractivity contribution is 6.16. The van der Waals surface area contributed by atoms with Crippen LogP contribution in [0.5, 0.6) is 0 Å². The lowest BCUT2D eigenvalue weighted by atomic mass is 10.0. The van der Waals surface area contributed by atoms with E-state index in [4.69, 9.17) is 14.2 Å². The average molecular weight is 481 g/mol. The third-order valence-electron chi connectivity index (χ3n) is 5.32. The first-order chi connectivity index (χ1) is 16.7. The molecule has 1 aliphatic rings. The van der Waals surface area contributed by atoms with E-state index in [9.17, 15) is 19.2 Å². The summed E-state index contributed by atoms with van der Waals surface area (Å²) in [4.78, 5) is 51.5. The van der Waals surface area contributed by atoms with Crippen molar-refractivity contribution in [2.75, 3.05) is 30.0 Å². The molecule has 1 heterocycles. The molecule has 35 heavy (non-hydrogen) atoms. The van der Waals surface area contributed by atoms with Crippen LogP contribution in [0.2, 0.25) is 0 Å². The van der Waals surface area contributed by atoms with E-state index in [1.807, 2.05) is 0 Å². The van der Waals surface area contributed by atoms with E-state index < -0.39 is 29.4 Å². The minimum absolute atomic E-state index is 0.143. The van der Waals surface area contributed by atoms with Crippen molar-refractivity contribution in [1.29, 1.82) is 0 Å². The van der Waals surface area contributed by atoms with Crippen LogP contribution in [0.4, 0.5) is 11.4 Å². The van der Waals surface area contributed by atoms with Crippen molar-refractivity contribution < 1.29 is 33.4 Å². The van der Waals surface area contributed by atoms with E-state index in [0.29, 0.717) is 22.5 Å². The summed E-state index contributed by atoms with van der Waals surface area (Å²) in [5.74, 6) is -1.98. The molecule has 0 bridgehead atoms. The number of rotatable bonds is 9. The molecule has 0 saturated heterocycles. The maximum atomic E-state index is 13.4. The fraction of sp³-hybridized carbons (Fsp3) is 0.308. The largest absolute Gasteiger partial charge is 0.464 e. The number of ether oxygens (including phenoxy) is 3. The van der Waals surface area contributed by atoms with Crippen molar-refractivity contribution >= 4 is 35.2 Å². The topological polar surface area (TPSA) is 111 Å². The summed E-state index contributed by atoms with van der Waals surface area (Å²) >= 11 is 0. The molecule has 9 nitrogen and oxygen atoms in total. The Morgan fingerprint density at radius 3 is 1.77 bits per heavy atom. The summed E-state index contributed by atoms with van der Waals surface area (Å²) in [6.45, 7) is 7.36. The lowest BCUT2D eigenvalue weighted by Gasteiger charge is -2.32. The van der Waals surface area contributed by atoms with Gasteiger partial charge in [-0.25, -0.2) is 14.4 Å². The predicted molar refractivity (Wildman–Crippen MR) is 129 cm³/mol. The first-order valence-corrected chi connectivity index (χ1v) is 11.3. The van der Waals surface area contributed by atoms with E-state index in [0.717, 1.165) is 0 Å². The molecule has 0 saturated carbocycles. The van der Waals surface area contributed by atoms with Crippen LogP contribution in [0.1, 0.15) is 48.4 Å². The van der Waals surface area contributed by atoms with Crippen LogP contribution < -0.4 is 10.2 Å². The number of hydrogen-bond acceptors (Lipinski definition) is 8. The predicted octanol–water partition coefficient (Wildman–Crippen LogP) is 3.70. The molecular formula is C26H28N2O7. The summed E-state index contributed by atoms with van der Waals surface area (Å²) in [5.41, 5.74) is 0.398. The van der Waals surface area contributed by atoms with E-state index in [-0.39, 0.29) is 25.5 Å². The molecule has 3 rings (SSSR count). The molecule has 0 aliphatic carbocycles. The maximum Gasteiger partial charge on any atom is 0.338 e. The van der Waals surface area contributed by atoms with E-state index in [1.54, 1.807) is 64.1 Å². The Hall–Kier alpha value is -4.14. The van der Waals surface area contributed by atoms with Crippen molar-refractivity contribution in [2.24, 2.45) is 0 Å². The molecule has 1 amide bonds. The number of amides is 1. The normalized spacial score (nSPS) is 17.0. The summed E-state index contributed by atoms with van der Waals surface area (Å²) < 4.78 is 15.2. The molecule has 0 aromatic heterocycles. The Morgan fingerprint density at radius 1 is 0.800 bits per heavy atom. The first kappa shape index (κ1) is 25.5. The second kappa shape index (κ2) is 10.9. The smallest absolute Gasteiger partial charge is 0.338 e. The molecule has 1 aliphatic heterocycles. The van der Waals surface area contributed by atoms with Gasteiger partial charge in [-0.2, -0.15) is 0 Å². The molecular weight excluding hydrogens is 452 g/mol. The number of carbonyl (C=O) groups is 4. The van der Waals surface area contributed by atoms with Crippen molar-refractivity contribution in [2.45, 2.75) is 33.2 Å². The zero-order valence-electron chi connectivity index (χ0n) is 20.1. The Morgan fingerprint density at radius 2 is 1.29 bits per heavy atom. The summed E-state index contributed by atoms with van der Waals surface area (Å²) in [7, 11) is 0. The number of nitrogens with one attached hydrogen (secondary N) is 1.